The topological polar surface area (TPSA) is 54.9 Å². The lowest BCUT2D eigenvalue weighted by Crippen LogP contribution is -2.45. The molecular weight excluding hydrogens is 417 g/mol. The highest BCUT2D eigenvalue weighted by Gasteiger charge is 2.48. The summed E-state index contributed by atoms with van der Waals surface area (Å²) in [5.74, 6) is 3.18. The van der Waals surface area contributed by atoms with Gasteiger partial charge in [0.05, 0.1) is 14.2 Å². The monoisotopic (exact) mass is 445 g/mol. The third kappa shape index (κ3) is 4.07. The van der Waals surface area contributed by atoms with Crippen molar-refractivity contribution in [1.29, 1.82) is 0 Å². The standard InChI is InChI=1S/C18H27N3O2.HI/c1-19-17(20-12-18(9-4-10-18)13-5-6-13)21-14-7-8-15(22-2)16(11-14)23-3;/h7-8,11,13H,4-6,9-10,12H2,1-3H3,(H2,19,20,21);1H. The van der Waals surface area contributed by atoms with E-state index in [1.54, 1.807) is 21.3 Å². The Kier molecular flexibility index (Phi) is 6.60. The first-order chi connectivity index (χ1) is 11.2. The van der Waals surface area contributed by atoms with Crippen LogP contribution >= 0.6 is 24.0 Å². The van der Waals surface area contributed by atoms with Crippen LogP contribution in [0.15, 0.2) is 23.2 Å². The van der Waals surface area contributed by atoms with E-state index in [2.05, 4.69) is 15.6 Å². The van der Waals surface area contributed by atoms with Gasteiger partial charge in [0.25, 0.3) is 0 Å². The van der Waals surface area contributed by atoms with E-state index in [1.165, 1.54) is 32.1 Å². The Morgan fingerprint density at radius 2 is 1.92 bits per heavy atom. The minimum atomic E-state index is 0. The number of hydrogen-bond acceptors (Lipinski definition) is 3. The number of nitrogens with one attached hydrogen (secondary N) is 2. The van der Waals surface area contributed by atoms with Crippen LogP contribution in [0.25, 0.3) is 0 Å². The van der Waals surface area contributed by atoms with E-state index in [1.807, 2.05) is 18.2 Å². The van der Waals surface area contributed by atoms with Crippen molar-refractivity contribution in [3.8, 4) is 11.5 Å². The van der Waals surface area contributed by atoms with Crippen LogP contribution < -0.4 is 20.1 Å². The molecule has 1 aromatic rings. The number of aliphatic imine (C=N–C) groups is 1. The van der Waals surface area contributed by atoms with Gasteiger partial charge in [-0.15, -0.1) is 24.0 Å². The summed E-state index contributed by atoms with van der Waals surface area (Å²) in [6.45, 7) is 1.02. The molecule has 0 spiro atoms. The van der Waals surface area contributed by atoms with Crippen LogP contribution in [0.4, 0.5) is 5.69 Å². The van der Waals surface area contributed by atoms with Crippen LogP contribution in [0.5, 0.6) is 11.5 Å². The highest BCUT2D eigenvalue weighted by Crippen LogP contribution is 2.56. The summed E-state index contributed by atoms with van der Waals surface area (Å²) < 4.78 is 10.6. The molecule has 2 fully saturated rings. The zero-order chi connectivity index (χ0) is 16.3. The summed E-state index contributed by atoms with van der Waals surface area (Å²) in [7, 11) is 5.09. The van der Waals surface area contributed by atoms with Crippen LogP contribution in [-0.2, 0) is 0 Å². The summed E-state index contributed by atoms with van der Waals surface area (Å²) in [4.78, 5) is 4.34. The lowest BCUT2D eigenvalue weighted by molar-refractivity contribution is 0.106. The van der Waals surface area contributed by atoms with Gasteiger partial charge in [-0.3, -0.25) is 4.99 Å². The van der Waals surface area contributed by atoms with Crippen molar-refractivity contribution in [3.63, 3.8) is 0 Å². The van der Waals surface area contributed by atoms with E-state index < -0.39 is 0 Å². The van der Waals surface area contributed by atoms with E-state index in [9.17, 15) is 0 Å². The number of halogens is 1. The van der Waals surface area contributed by atoms with Crippen molar-refractivity contribution in [2.45, 2.75) is 32.1 Å². The smallest absolute Gasteiger partial charge is 0.195 e. The minimum Gasteiger partial charge on any atom is -0.493 e. The number of methoxy groups -OCH3 is 2. The van der Waals surface area contributed by atoms with Gasteiger partial charge < -0.3 is 20.1 Å². The first-order valence-corrected chi connectivity index (χ1v) is 8.40. The van der Waals surface area contributed by atoms with E-state index in [-0.39, 0.29) is 24.0 Å². The number of nitrogens with zero attached hydrogens (tertiary/aromatic N) is 1. The number of hydrogen-bond donors (Lipinski definition) is 2. The number of rotatable bonds is 6. The molecule has 2 N–H and O–H groups in total. The Bertz CT molecular complexity index is 584. The Morgan fingerprint density at radius 1 is 1.21 bits per heavy atom. The highest BCUT2D eigenvalue weighted by molar-refractivity contribution is 14.0. The summed E-state index contributed by atoms with van der Waals surface area (Å²) >= 11 is 0. The molecule has 2 aliphatic carbocycles. The van der Waals surface area contributed by atoms with Gasteiger partial charge in [0.1, 0.15) is 0 Å². The van der Waals surface area contributed by atoms with Gasteiger partial charge in [0, 0.05) is 25.3 Å². The van der Waals surface area contributed by atoms with E-state index in [0.717, 1.165) is 29.9 Å². The molecule has 0 unspecified atom stereocenters. The predicted octanol–water partition coefficient (Wildman–Crippen LogP) is 3.89. The van der Waals surface area contributed by atoms with E-state index in [0.29, 0.717) is 11.2 Å². The second-order valence-electron chi connectivity index (χ2n) is 6.61. The third-order valence-corrected chi connectivity index (χ3v) is 5.27. The average Bonchev–Trinajstić information content (AvgIpc) is 3.37. The fourth-order valence-corrected chi connectivity index (χ4v) is 3.55. The summed E-state index contributed by atoms with van der Waals surface area (Å²) in [5, 5.41) is 6.85. The Morgan fingerprint density at radius 3 is 2.42 bits per heavy atom. The molecular formula is C18H28IN3O2. The first kappa shape index (κ1) is 19.1. The van der Waals surface area contributed by atoms with Gasteiger partial charge in [-0.05, 0) is 49.1 Å². The van der Waals surface area contributed by atoms with Crippen molar-refractivity contribution in [1.82, 2.24) is 5.32 Å². The average molecular weight is 445 g/mol. The maximum absolute atomic E-state index is 5.35. The fourth-order valence-electron chi connectivity index (χ4n) is 3.55. The number of ether oxygens (including phenoxy) is 2. The molecule has 0 heterocycles. The first-order valence-electron chi connectivity index (χ1n) is 8.40. The van der Waals surface area contributed by atoms with Crippen molar-refractivity contribution in [2.75, 3.05) is 33.1 Å². The zero-order valence-electron chi connectivity index (χ0n) is 14.7. The van der Waals surface area contributed by atoms with Crippen LogP contribution in [0.1, 0.15) is 32.1 Å². The van der Waals surface area contributed by atoms with Crippen LogP contribution in [0, 0.1) is 11.3 Å². The molecule has 2 aliphatic rings. The van der Waals surface area contributed by atoms with Gasteiger partial charge in [-0.2, -0.15) is 0 Å². The normalized spacial score (nSPS) is 18.9. The van der Waals surface area contributed by atoms with Crippen LogP contribution in [0.2, 0.25) is 0 Å². The Labute approximate surface area is 161 Å². The summed E-state index contributed by atoms with van der Waals surface area (Å²) in [6, 6.07) is 5.78. The molecule has 0 amide bonds. The van der Waals surface area contributed by atoms with Gasteiger partial charge in [0.2, 0.25) is 0 Å². The number of benzene rings is 1. The molecule has 0 bridgehead atoms. The minimum absolute atomic E-state index is 0. The Hall–Kier alpha value is -1.18. The molecule has 1 aromatic carbocycles. The van der Waals surface area contributed by atoms with Crippen molar-refractivity contribution in [2.24, 2.45) is 16.3 Å². The van der Waals surface area contributed by atoms with Crippen molar-refractivity contribution >= 4 is 35.6 Å². The van der Waals surface area contributed by atoms with E-state index in [4.69, 9.17) is 9.47 Å². The summed E-state index contributed by atoms with van der Waals surface area (Å²) in [6.07, 6.45) is 6.91. The molecule has 2 saturated carbocycles. The third-order valence-electron chi connectivity index (χ3n) is 5.27. The van der Waals surface area contributed by atoms with Crippen LogP contribution in [0.3, 0.4) is 0 Å². The van der Waals surface area contributed by atoms with E-state index >= 15 is 0 Å². The largest absolute Gasteiger partial charge is 0.493 e. The number of anilines is 1. The van der Waals surface area contributed by atoms with Crippen molar-refractivity contribution < 1.29 is 9.47 Å². The molecule has 0 aromatic heterocycles. The van der Waals surface area contributed by atoms with Gasteiger partial charge >= 0.3 is 0 Å². The molecule has 3 rings (SSSR count). The van der Waals surface area contributed by atoms with Gasteiger partial charge in [-0.1, -0.05) is 6.42 Å². The fraction of sp³-hybridized carbons (Fsp3) is 0.611. The molecule has 0 aliphatic heterocycles. The second-order valence-corrected chi connectivity index (χ2v) is 6.61. The second kappa shape index (κ2) is 8.27. The molecule has 24 heavy (non-hydrogen) atoms. The lowest BCUT2D eigenvalue weighted by atomic mass is 9.65. The molecule has 0 saturated heterocycles. The molecule has 0 atom stereocenters. The predicted molar refractivity (Wildman–Crippen MR) is 109 cm³/mol. The zero-order valence-corrected chi connectivity index (χ0v) is 17.1. The molecule has 6 heteroatoms. The maximum atomic E-state index is 5.35. The highest BCUT2D eigenvalue weighted by atomic mass is 127. The van der Waals surface area contributed by atoms with Gasteiger partial charge in [-0.25, -0.2) is 0 Å². The molecule has 134 valence electrons. The summed E-state index contributed by atoms with van der Waals surface area (Å²) in [5.41, 5.74) is 1.46. The number of guanidine groups is 1. The van der Waals surface area contributed by atoms with Crippen molar-refractivity contribution in [3.05, 3.63) is 18.2 Å². The Balaban J connectivity index is 0.00000208. The molecule has 5 nitrogen and oxygen atoms in total. The van der Waals surface area contributed by atoms with Gasteiger partial charge in [0.15, 0.2) is 17.5 Å². The molecule has 0 radical (unpaired) electrons. The quantitative estimate of drug-likeness (QED) is 0.397. The van der Waals surface area contributed by atoms with Crippen LogP contribution in [-0.4, -0.2) is 33.8 Å². The lowest BCUT2D eigenvalue weighted by Gasteiger charge is -2.43. The maximum Gasteiger partial charge on any atom is 0.195 e. The SMILES string of the molecule is CN=C(NCC1(C2CC2)CCC1)Nc1ccc(OC)c(OC)c1.I.